The summed E-state index contributed by atoms with van der Waals surface area (Å²) in [4.78, 5) is 20.8. The van der Waals surface area contributed by atoms with E-state index in [2.05, 4.69) is 35.6 Å². The minimum absolute atomic E-state index is 0.163. The maximum atomic E-state index is 11.9. The van der Waals surface area contributed by atoms with Crippen molar-refractivity contribution in [1.29, 1.82) is 0 Å². The smallest absolute Gasteiger partial charge is 0.234 e. The Hall–Kier alpha value is -2.16. The van der Waals surface area contributed by atoms with Crippen molar-refractivity contribution in [3.63, 3.8) is 0 Å². The molecule has 0 radical (unpaired) electrons. The quantitative estimate of drug-likeness (QED) is 0.369. The topological polar surface area (TPSA) is 90.7 Å². The van der Waals surface area contributed by atoms with Gasteiger partial charge in [-0.2, -0.15) is 0 Å². The lowest BCUT2D eigenvalue weighted by molar-refractivity contribution is -0.122. The lowest BCUT2D eigenvalue weighted by Crippen LogP contribution is -2.54. The summed E-state index contributed by atoms with van der Waals surface area (Å²) in [5.74, 6) is 1.12. The number of aliphatic imine (C=N–C) groups is 1. The lowest BCUT2D eigenvalue weighted by Gasteiger charge is -2.36. The summed E-state index contributed by atoms with van der Waals surface area (Å²) in [7, 11) is 1.83. The Labute approximate surface area is 154 Å². The van der Waals surface area contributed by atoms with Crippen LogP contribution in [0.25, 0.3) is 0 Å². The van der Waals surface area contributed by atoms with E-state index in [1.54, 1.807) is 12.7 Å². The van der Waals surface area contributed by atoms with E-state index in [1.807, 2.05) is 11.6 Å². The molecule has 0 aromatic carbocycles. The van der Waals surface area contributed by atoms with Gasteiger partial charge >= 0.3 is 0 Å². The average Bonchev–Trinajstić information content (AvgIpc) is 3.30. The third-order valence-corrected chi connectivity index (χ3v) is 4.79. The van der Waals surface area contributed by atoms with Gasteiger partial charge in [0.2, 0.25) is 5.91 Å². The van der Waals surface area contributed by atoms with Crippen LogP contribution in [0.4, 0.5) is 0 Å². The van der Waals surface area contributed by atoms with Crippen LogP contribution in [0.1, 0.15) is 25.7 Å². The zero-order chi connectivity index (χ0) is 18.2. The molecule has 0 spiro atoms. The van der Waals surface area contributed by atoms with Crippen LogP contribution in [0, 0.1) is 0 Å². The van der Waals surface area contributed by atoms with Crippen molar-refractivity contribution in [2.24, 2.45) is 4.99 Å². The molecule has 1 saturated carbocycles. The van der Waals surface area contributed by atoms with Gasteiger partial charge in [0, 0.05) is 52.4 Å². The largest absolute Gasteiger partial charge is 0.356 e. The fourth-order valence-corrected chi connectivity index (χ4v) is 3.11. The number of aryl methyl sites for hydroxylation is 1. The van der Waals surface area contributed by atoms with Crippen LogP contribution in [0.2, 0.25) is 0 Å². The fourth-order valence-electron chi connectivity index (χ4n) is 3.11. The number of hydrogen-bond acceptors (Lipinski definition) is 5. The third-order valence-electron chi connectivity index (χ3n) is 4.79. The molecule has 1 amide bonds. The Balaban J connectivity index is 1.29. The number of nitrogens with zero attached hydrogens (tertiary/aromatic N) is 6. The van der Waals surface area contributed by atoms with Crippen LogP contribution >= 0.6 is 0 Å². The molecule has 9 nitrogen and oxygen atoms in total. The van der Waals surface area contributed by atoms with E-state index >= 15 is 0 Å². The number of nitrogens with one attached hydrogen (secondary N) is 2. The number of guanidine groups is 1. The molecule has 2 aliphatic rings. The van der Waals surface area contributed by atoms with Crippen molar-refractivity contribution in [3.05, 3.63) is 12.7 Å². The Morgan fingerprint density at radius 1 is 1.15 bits per heavy atom. The first-order valence-corrected chi connectivity index (χ1v) is 9.54. The number of piperazine rings is 1. The van der Waals surface area contributed by atoms with Crippen molar-refractivity contribution < 1.29 is 4.79 Å². The van der Waals surface area contributed by atoms with E-state index in [4.69, 9.17) is 0 Å². The van der Waals surface area contributed by atoms with Gasteiger partial charge in [-0.25, -0.2) is 0 Å². The minimum Gasteiger partial charge on any atom is -0.356 e. The molecule has 1 aliphatic heterocycles. The van der Waals surface area contributed by atoms with Crippen molar-refractivity contribution >= 4 is 11.9 Å². The number of amides is 1. The highest BCUT2D eigenvalue weighted by Crippen LogP contribution is 2.18. The van der Waals surface area contributed by atoms with Gasteiger partial charge in [-0.15, -0.1) is 10.2 Å². The molecule has 0 bridgehead atoms. The average molecular weight is 362 g/mol. The highest BCUT2D eigenvalue weighted by molar-refractivity contribution is 5.80. The number of carbonyl (C=O) groups is 1. The normalized spacial score (nSPS) is 18.8. The van der Waals surface area contributed by atoms with E-state index in [0.717, 1.165) is 70.9 Å². The minimum atomic E-state index is 0.163. The Morgan fingerprint density at radius 2 is 1.88 bits per heavy atom. The summed E-state index contributed by atoms with van der Waals surface area (Å²) >= 11 is 0. The molecule has 144 valence electrons. The maximum absolute atomic E-state index is 11.9. The highest BCUT2D eigenvalue weighted by atomic mass is 16.2. The first-order valence-electron chi connectivity index (χ1n) is 9.54. The molecule has 2 N–H and O–H groups in total. The predicted octanol–water partition coefficient (Wildman–Crippen LogP) is -0.470. The molecular weight excluding hydrogens is 332 g/mol. The van der Waals surface area contributed by atoms with Gasteiger partial charge in [-0.3, -0.25) is 14.7 Å². The van der Waals surface area contributed by atoms with E-state index in [9.17, 15) is 4.79 Å². The van der Waals surface area contributed by atoms with Crippen molar-refractivity contribution in [2.75, 3.05) is 46.3 Å². The van der Waals surface area contributed by atoms with E-state index < -0.39 is 0 Å². The summed E-state index contributed by atoms with van der Waals surface area (Å²) in [5, 5.41) is 14.1. The number of hydrogen-bond donors (Lipinski definition) is 2. The van der Waals surface area contributed by atoms with Crippen LogP contribution in [0.3, 0.4) is 0 Å². The molecule has 0 atom stereocenters. The molecule has 1 saturated heterocycles. The van der Waals surface area contributed by atoms with Crippen molar-refractivity contribution in [3.8, 4) is 0 Å². The molecule has 26 heavy (non-hydrogen) atoms. The first kappa shape index (κ1) is 18.6. The van der Waals surface area contributed by atoms with Gasteiger partial charge in [-0.05, 0) is 25.7 Å². The number of rotatable bonds is 8. The molecule has 9 heteroatoms. The molecule has 0 unspecified atom stereocenters. The third kappa shape index (κ3) is 5.98. The Kier molecular flexibility index (Phi) is 6.82. The first-order chi connectivity index (χ1) is 12.7. The molecule has 3 rings (SSSR count). The summed E-state index contributed by atoms with van der Waals surface area (Å²) in [6.45, 7) is 5.94. The van der Waals surface area contributed by atoms with Gasteiger partial charge in [-0.1, -0.05) is 0 Å². The molecule has 2 fully saturated rings. The van der Waals surface area contributed by atoms with E-state index in [-0.39, 0.29) is 5.91 Å². The second-order valence-corrected chi connectivity index (χ2v) is 6.99. The summed E-state index contributed by atoms with van der Waals surface area (Å²) in [6.07, 6.45) is 7.92. The molecular formula is C17H30N8O. The second-order valence-electron chi connectivity index (χ2n) is 6.99. The summed E-state index contributed by atoms with van der Waals surface area (Å²) in [5.41, 5.74) is 0. The maximum Gasteiger partial charge on any atom is 0.234 e. The van der Waals surface area contributed by atoms with Crippen LogP contribution in [0.5, 0.6) is 0 Å². The lowest BCUT2D eigenvalue weighted by atomic mass is 10.3. The van der Waals surface area contributed by atoms with Crippen LogP contribution in [-0.4, -0.2) is 88.8 Å². The SMILES string of the molecule is CN=C(NCCCCn1cnnc1)N1CCN(CC(=O)NC2CC2)CC1. The monoisotopic (exact) mass is 362 g/mol. The van der Waals surface area contributed by atoms with Gasteiger partial charge in [0.05, 0.1) is 6.54 Å². The standard InChI is InChI=1S/C17H30N8O/c1-18-17(19-6-2-3-7-24-13-20-21-14-24)25-10-8-23(9-11-25)12-16(26)22-15-4-5-15/h13-15H,2-12H2,1H3,(H,18,19)(H,22,26). The van der Waals surface area contributed by atoms with Crippen LogP contribution < -0.4 is 10.6 Å². The van der Waals surface area contributed by atoms with Crippen molar-refractivity contribution in [2.45, 2.75) is 38.3 Å². The van der Waals surface area contributed by atoms with E-state index in [0.29, 0.717) is 12.6 Å². The van der Waals surface area contributed by atoms with E-state index in [1.165, 1.54) is 0 Å². The zero-order valence-electron chi connectivity index (χ0n) is 15.6. The van der Waals surface area contributed by atoms with Crippen LogP contribution in [-0.2, 0) is 11.3 Å². The molecule has 1 aromatic heterocycles. The summed E-state index contributed by atoms with van der Waals surface area (Å²) in [6, 6.07) is 0.442. The Morgan fingerprint density at radius 3 is 2.54 bits per heavy atom. The second kappa shape index (κ2) is 9.51. The van der Waals surface area contributed by atoms with Crippen molar-refractivity contribution in [1.82, 2.24) is 35.2 Å². The molecule has 1 aromatic rings. The summed E-state index contributed by atoms with van der Waals surface area (Å²) < 4.78 is 1.99. The number of carbonyl (C=O) groups excluding carboxylic acids is 1. The molecule has 1 aliphatic carbocycles. The zero-order valence-corrected chi connectivity index (χ0v) is 15.6. The molecule has 2 heterocycles. The number of unbranched alkanes of at least 4 members (excludes halogenated alkanes) is 1. The Bertz CT molecular complexity index is 576. The van der Waals surface area contributed by atoms with Gasteiger partial charge in [0.25, 0.3) is 0 Å². The van der Waals surface area contributed by atoms with Gasteiger partial charge < -0.3 is 20.1 Å². The van der Waals surface area contributed by atoms with Gasteiger partial charge in [0.1, 0.15) is 12.7 Å². The fraction of sp³-hybridized carbons (Fsp3) is 0.765. The predicted molar refractivity (Wildman–Crippen MR) is 99.8 cm³/mol. The highest BCUT2D eigenvalue weighted by Gasteiger charge is 2.25. The van der Waals surface area contributed by atoms with Crippen LogP contribution in [0.15, 0.2) is 17.6 Å². The number of aromatic nitrogens is 3. The van der Waals surface area contributed by atoms with Gasteiger partial charge in [0.15, 0.2) is 5.96 Å².